The van der Waals surface area contributed by atoms with Crippen molar-refractivity contribution in [3.63, 3.8) is 0 Å². The van der Waals surface area contributed by atoms with Gasteiger partial charge in [0.2, 0.25) is 0 Å². The van der Waals surface area contributed by atoms with Crippen molar-refractivity contribution in [2.24, 2.45) is 0 Å². The first-order valence-electron chi connectivity index (χ1n) is 7.48. The van der Waals surface area contributed by atoms with E-state index in [9.17, 15) is 13.2 Å². The number of pyridine rings is 1. The van der Waals surface area contributed by atoms with E-state index in [2.05, 4.69) is 25.6 Å². The number of rotatable bonds is 5. The summed E-state index contributed by atoms with van der Waals surface area (Å²) < 4.78 is 23.0. The van der Waals surface area contributed by atoms with E-state index in [1.807, 2.05) is 6.07 Å². The maximum absolute atomic E-state index is 12.2. The van der Waals surface area contributed by atoms with Crippen molar-refractivity contribution in [1.29, 1.82) is 0 Å². The first-order valence-corrected chi connectivity index (χ1v) is 9.30. The molecule has 1 atom stereocenters. The molecule has 1 saturated heterocycles. The highest BCUT2D eigenvalue weighted by atomic mass is 32.2. The van der Waals surface area contributed by atoms with Gasteiger partial charge in [-0.2, -0.15) is 0 Å². The molecule has 24 heavy (non-hydrogen) atoms. The molecule has 3 rings (SSSR count). The summed E-state index contributed by atoms with van der Waals surface area (Å²) in [6, 6.07) is 4.99. The van der Waals surface area contributed by atoms with E-state index in [1.165, 1.54) is 12.4 Å². The molecule has 0 bridgehead atoms. The lowest BCUT2D eigenvalue weighted by atomic mass is 10.2. The van der Waals surface area contributed by atoms with Crippen LogP contribution in [-0.4, -0.2) is 46.8 Å². The summed E-state index contributed by atoms with van der Waals surface area (Å²) in [5.41, 5.74) is 1.10. The van der Waals surface area contributed by atoms with E-state index in [0.717, 1.165) is 5.56 Å². The van der Waals surface area contributed by atoms with Gasteiger partial charge in [-0.15, -0.1) is 0 Å². The predicted molar refractivity (Wildman–Crippen MR) is 88.1 cm³/mol. The zero-order valence-corrected chi connectivity index (χ0v) is 13.7. The van der Waals surface area contributed by atoms with Gasteiger partial charge in [0.05, 0.1) is 11.5 Å². The second kappa shape index (κ2) is 6.91. The van der Waals surface area contributed by atoms with E-state index in [-0.39, 0.29) is 29.1 Å². The fraction of sp³-hybridized carbons (Fsp3) is 0.333. The molecule has 0 spiro atoms. The van der Waals surface area contributed by atoms with Crippen molar-refractivity contribution < 1.29 is 13.2 Å². The Kier molecular flexibility index (Phi) is 4.70. The maximum atomic E-state index is 12.2. The van der Waals surface area contributed by atoms with Gasteiger partial charge in [-0.05, 0) is 18.1 Å². The number of aromatic nitrogens is 3. The third-order valence-electron chi connectivity index (χ3n) is 3.66. The van der Waals surface area contributed by atoms with Crippen LogP contribution in [0.4, 0.5) is 5.82 Å². The highest BCUT2D eigenvalue weighted by Crippen LogP contribution is 2.16. The molecular formula is C15H17N5O3S. The van der Waals surface area contributed by atoms with Gasteiger partial charge >= 0.3 is 0 Å². The number of nitrogens with zero attached hydrogens (tertiary/aromatic N) is 3. The molecule has 0 aliphatic carbocycles. The number of sulfone groups is 1. The van der Waals surface area contributed by atoms with Crippen molar-refractivity contribution in [2.75, 3.05) is 16.8 Å². The average molecular weight is 347 g/mol. The Morgan fingerprint density at radius 3 is 2.92 bits per heavy atom. The van der Waals surface area contributed by atoms with Gasteiger partial charge < -0.3 is 10.6 Å². The molecule has 3 heterocycles. The normalized spacial score (nSPS) is 18.9. The monoisotopic (exact) mass is 347 g/mol. The molecule has 8 nitrogen and oxygen atoms in total. The van der Waals surface area contributed by atoms with Gasteiger partial charge in [-0.25, -0.2) is 18.4 Å². The molecule has 1 aliphatic heterocycles. The first-order chi connectivity index (χ1) is 11.5. The molecule has 2 N–H and O–H groups in total. The molecule has 126 valence electrons. The average Bonchev–Trinajstić information content (AvgIpc) is 2.92. The van der Waals surface area contributed by atoms with Gasteiger partial charge in [0, 0.05) is 31.0 Å². The molecule has 1 amide bonds. The fourth-order valence-electron chi connectivity index (χ4n) is 2.45. The second-order valence-corrected chi connectivity index (χ2v) is 7.81. The van der Waals surface area contributed by atoms with Gasteiger partial charge in [0.25, 0.3) is 5.91 Å². The molecule has 1 unspecified atom stereocenters. The Bertz CT molecular complexity index is 826. The molecular weight excluding hydrogens is 330 g/mol. The number of hydrogen-bond acceptors (Lipinski definition) is 7. The smallest absolute Gasteiger partial charge is 0.270 e. The number of nitrogens with one attached hydrogen (secondary N) is 2. The van der Waals surface area contributed by atoms with Crippen LogP contribution in [-0.2, 0) is 16.4 Å². The topological polar surface area (TPSA) is 114 Å². The van der Waals surface area contributed by atoms with E-state index in [0.29, 0.717) is 18.8 Å². The summed E-state index contributed by atoms with van der Waals surface area (Å²) in [6.45, 7) is 0.348. The molecule has 0 radical (unpaired) electrons. The number of carbonyl (C=O) groups is 1. The number of anilines is 1. The molecule has 0 aromatic carbocycles. The molecule has 1 aliphatic rings. The highest BCUT2D eigenvalue weighted by molar-refractivity contribution is 7.91. The van der Waals surface area contributed by atoms with Crippen molar-refractivity contribution in [1.82, 2.24) is 20.3 Å². The maximum Gasteiger partial charge on any atom is 0.270 e. The van der Waals surface area contributed by atoms with Crippen LogP contribution in [0.15, 0.2) is 36.9 Å². The van der Waals surface area contributed by atoms with Crippen LogP contribution < -0.4 is 10.6 Å². The van der Waals surface area contributed by atoms with E-state index in [1.54, 1.807) is 18.5 Å². The summed E-state index contributed by atoms with van der Waals surface area (Å²) in [4.78, 5) is 24.1. The van der Waals surface area contributed by atoms with Gasteiger partial charge in [-0.1, -0.05) is 6.07 Å². The third kappa shape index (κ3) is 4.25. The Hall–Kier alpha value is -2.55. The van der Waals surface area contributed by atoms with E-state index in [4.69, 9.17) is 0 Å². The van der Waals surface area contributed by atoms with Crippen LogP contribution in [0.3, 0.4) is 0 Å². The standard InChI is InChI=1S/C15H17N5O3S/c21-15(17-8-11-2-1-4-16-7-11)13-6-14(19-10-18-13)20-12-3-5-24(22,23)9-12/h1-2,4,6-7,10,12H,3,5,8-9H2,(H,17,21)(H,18,19,20). The Morgan fingerprint density at radius 2 is 2.21 bits per heavy atom. The largest absolute Gasteiger partial charge is 0.366 e. The number of amides is 1. The molecule has 1 fully saturated rings. The second-order valence-electron chi connectivity index (χ2n) is 5.58. The predicted octanol–water partition coefficient (Wildman–Crippen LogP) is 0.401. The van der Waals surface area contributed by atoms with Crippen molar-refractivity contribution in [2.45, 2.75) is 19.0 Å². The lowest BCUT2D eigenvalue weighted by molar-refractivity contribution is 0.0945. The molecule has 9 heteroatoms. The molecule has 2 aromatic rings. The number of hydrogen-bond donors (Lipinski definition) is 2. The Balaban J connectivity index is 1.61. The zero-order valence-electron chi connectivity index (χ0n) is 12.8. The van der Waals surface area contributed by atoms with Gasteiger partial charge in [-0.3, -0.25) is 9.78 Å². The third-order valence-corrected chi connectivity index (χ3v) is 5.43. The zero-order chi connectivity index (χ0) is 17.0. The van der Waals surface area contributed by atoms with E-state index < -0.39 is 9.84 Å². The van der Waals surface area contributed by atoms with Crippen LogP contribution >= 0.6 is 0 Å². The minimum absolute atomic E-state index is 0.0829. The SMILES string of the molecule is O=C(NCc1cccnc1)c1cc(NC2CCS(=O)(=O)C2)ncn1. The highest BCUT2D eigenvalue weighted by Gasteiger charge is 2.28. The summed E-state index contributed by atoms with van der Waals surface area (Å²) in [6.07, 6.45) is 5.16. The summed E-state index contributed by atoms with van der Waals surface area (Å²) in [5.74, 6) is 0.371. The quantitative estimate of drug-likeness (QED) is 0.804. The Morgan fingerprint density at radius 1 is 1.33 bits per heavy atom. The minimum atomic E-state index is -2.97. The van der Waals surface area contributed by atoms with Crippen molar-refractivity contribution in [3.05, 3.63) is 48.2 Å². The fourth-order valence-corrected chi connectivity index (χ4v) is 4.13. The summed E-state index contributed by atoms with van der Waals surface area (Å²) in [7, 11) is -2.97. The van der Waals surface area contributed by atoms with E-state index >= 15 is 0 Å². The molecule has 2 aromatic heterocycles. The minimum Gasteiger partial charge on any atom is -0.366 e. The van der Waals surface area contributed by atoms with Crippen molar-refractivity contribution in [3.8, 4) is 0 Å². The summed E-state index contributed by atoms with van der Waals surface area (Å²) in [5, 5.41) is 5.80. The van der Waals surface area contributed by atoms with Crippen LogP contribution in [0.2, 0.25) is 0 Å². The van der Waals surface area contributed by atoms with Crippen LogP contribution in [0.1, 0.15) is 22.5 Å². The van der Waals surface area contributed by atoms with Crippen LogP contribution in [0, 0.1) is 0 Å². The lowest BCUT2D eigenvalue weighted by Gasteiger charge is -2.12. The van der Waals surface area contributed by atoms with Crippen LogP contribution in [0.5, 0.6) is 0 Å². The number of carbonyl (C=O) groups excluding carboxylic acids is 1. The van der Waals surface area contributed by atoms with Crippen molar-refractivity contribution >= 4 is 21.6 Å². The Labute approximate surface area is 139 Å². The van der Waals surface area contributed by atoms with Crippen LogP contribution in [0.25, 0.3) is 0 Å². The first kappa shape index (κ1) is 16.3. The van der Waals surface area contributed by atoms with Gasteiger partial charge in [0.15, 0.2) is 9.84 Å². The summed E-state index contributed by atoms with van der Waals surface area (Å²) >= 11 is 0. The van der Waals surface area contributed by atoms with Gasteiger partial charge in [0.1, 0.15) is 17.8 Å². The lowest BCUT2D eigenvalue weighted by Crippen LogP contribution is -2.25. The molecule has 0 saturated carbocycles.